The van der Waals surface area contributed by atoms with Crippen LogP contribution in [-0.2, 0) is 17.6 Å². The largest absolute Gasteiger partial charge is 0.358 e. The van der Waals surface area contributed by atoms with Crippen molar-refractivity contribution in [3.8, 4) is 6.07 Å². The zero-order valence-electron chi connectivity index (χ0n) is 13.2. The molecule has 1 heterocycles. The fourth-order valence-electron chi connectivity index (χ4n) is 3.52. The monoisotopic (exact) mass is 315 g/mol. The van der Waals surface area contributed by atoms with Crippen LogP contribution in [0.1, 0.15) is 23.2 Å². The third-order valence-electron chi connectivity index (χ3n) is 4.77. The van der Waals surface area contributed by atoms with Crippen LogP contribution in [0.25, 0.3) is 10.9 Å². The summed E-state index contributed by atoms with van der Waals surface area (Å²) in [7, 11) is 0. The molecule has 4 nitrogen and oxygen atoms in total. The van der Waals surface area contributed by atoms with Crippen molar-refractivity contribution in [3.05, 3.63) is 65.4 Å². The highest BCUT2D eigenvalue weighted by atomic mass is 16.1. The van der Waals surface area contributed by atoms with Crippen molar-refractivity contribution in [1.29, 1.82) is 5.26 Å². The summed E-state index contributed by atoms with van der Waals surface area (Å²) >= 11 is 0. The molecule has 4 rings (SSSR count). The molecule has 24 heavy (non-hydrogen) atoms. The Balaban J connectivity index is 1.58. The Bertz CT molecular complexity index is 964. The second kappa shape index (κ2) is 5.86. The van der Waals surface area contributed by atoms with Crippen LogP contribution < -0.4 is 5.32 Å². The zero-order chi connectivity index (χ0) is 16.5. The number of aryl methyl sites for hydroxylation is 1. The number of amides is 1. The van der Waals surface area contributed by atoms with Crippen molar-refractivity contribution in [2.24, 2.45) is 5.92 Å². The van der Waals surface area contributed by atoms with E-state index in [0.717, 1.165) is 24.8 Å². The molecule has 0 saturated carbocycles. The number of anilines is 1. The van der Waals surface area contributed by atoms with Crippen LogP contribution in [0.2, 0.25) is 0 Å². The molecule has 1 amide bonds. The van der Waals surface area contributed by atoms with E-state index in [1.165, 1.54) is 16.6 Å². The Labute approximate surface area is 140 Å². The molecule has 1 aliphatic rings. The van der Waals surface area contributed by atoms with Crippen molar-refractivity contribution < 1.29 is 4.79 Å². The maximum atomic E-state index is 12.7. The summed E-state index contributed by atoms with van der Waals surface area (Å²) in [6, 6.07) is 17.5. The standard InChI is InChI=1S/C20H17N3O/c21-12-14-5-1-3-7-17(14)23-20(24)13-9-10-19-16(11-13)15-6-2-4-8-18(15)22-19/h1-8,13,22H,9-11H2,(H,23,24). The Morgan fingerprint density at radius 3 is 2.83 bits per heavy atom. The topological polar surface area (TPSA) is 68.7 Å². The Hall–Kier alpha value is -3.06. The van der Waals surface area contributed by atoms with Crippen LogP contribution >= 0.6 is 0 Å². The molecule has 3 aromatic rings. The number of para-hydroxylation sites is 2. The lowest BCUT2D eigenvalue weighted by Crippen LogP contribution is -2.28. The quantitative estimate of drug-likeness (QED) is 0.755. The lowest BCUT2D eigenvalue weighted by atomic mass is 9.85. The molecule has 118 valence electrons. The number of benzene rings is 2. The van der Waals surface area contributed by atoms with Crippen LogP contribution in [-0.4, -0.2) is 10.9 Å². The summed E-state index contributed by atoms with van der Waals surface area (Å²) in [5.74, 6) is -0.0721. The van der Waals surface area contributed by atoms with Gasteiger partial charge in [0.05, 0.1) is 11.3 Å². The van der Waals surface area contributed by atoms with E-state index in [9.17, 15) is 4.79 Å². The van der Waals surface area contributed by atoms with Gasteiger partial charge in [-0.05, 0) is 43.0 Å². The van der Waals surface area contributed by atoms with Gasteiger partial charge in [0.25, 0.3) is 0 Å². The molecule has 2 aromatic carbocycles. The molecule has 1 aliphatic carbocycles. The number of aromatic nitrogens is 1. The van der Waals surface area contributed by atoms with E-state index >= 15 is 0 Å². The molecule has 0 radical (unpaired) electrons. The SMILES string of the molecule is N#Cc1ccccc1NC(=O)C1CCc2[nH]c3ccccc3c2C1. The Kier molecular flexibility index (Phi) is 3.55. The minimum Gasteiger partial charge on any atom is -0.358 e. The molecule has 4 heteroatoms. The lowest BCUT2D eigenvalue weighted by molar-refractivity contribution is -0.120. The van der Waals surface area contributed by atoms with Crippen molar-refractivity contribution in [3.63, 3.8) is 0 Å². The molecular weight excluding hydrogens is 298 g/mol. The van der Waals surface area contributed by atoms with Gasteiger partial charge in [-0.15, -0.1) is 0 Å². The van der Waals surface area contributed by atoms with Gasteiger partial charge in [-0.25, -0.2) is 0 Å². The van der Waals surface area contributed by atoms with Gasteiger partial charge in [-0.2, -0.15) is 5.26 Å². The summed E-state index contributed by atoms with van der Waals surface area (Å²) in [6.07, 6.45) is 2.43. The number of carbonyl (C=O) groups is 1. The van der Waals surface area contributed by atoms with Crippen molar-refractivity contribution in [1.82, 2.24) is 4.98 Å². The summed E-state index contributed by atoms with van der Waals surface area (Å²) in [6.45, 7) is 0. The maximum absolute atomic E-state index is 12.7. The molecule has 1 aromatic heterocycles. The number of nitriles is 1. The van der Waals surface area contributed by atoms with Gasteiger partial charge in [0.15, 0.2) is 0 Å². The summed E-state index contributed by atoms with van der Waals surface area (Å²) in [4.78, 5) is 16.1. The predicted molar refractivity (Wildman–Crippen MR) is 93.6 cm³/mol. The van der Waals surface area contributed by atoms with Crippen LogP contribution in [0.15, 0.2) is 48.5 Å². The number of nitrogens with zero attached hydrogens (tertiary/aromatic N) is 1. The third-order valence-corrected chi connectivity index (χ3v) is 4.77. The van der Waals surface area contributed by atoms with Gasteiger partial charge >= 0.3 is 0 Å². The third kappa shape index (κ3) is 2.44. The number of carbonyl (C=O) groups excluding carboxylic acids is 1. The van der Waals surface area contributed by atoms with Crippen LogP contribution in [0, 0.1) is 17.2 Å². The molecule has 0 fully saturated rings. The average molecular weight is 315 g/mol. The maximum Gasteiger partial charge on any atom is 0.227 e. The van der Waals surface area contributed by atoms with Gasteiger partial charge < -0.3 is 10.3 Å². The summed E-state index contributed by atoms with van der Waals surface area (Å²) < 4.78 is 0. The Morgan fingerprint density at radius 1 is 1.17 bits per heavy atom. The van der Waals surface area contributed by atoms with Crippen molar-refractivity contribution in [2.45, 2.75) is 19.3 Å². The molecule has 0 spiro atoms. The lowest BCUT2D eigenvalue weighted by Gasteiger charge is -2.22. The average Bonchev–Trinajstić information content (AvgIpc) is 3.00. The first-order valence-corrected chi connectivity index (χ1v) is 8.14. The highest BCUT2D eigenvalue weighted by molar-refractivity contribution is 5.95. The number of hydrogen-bond donors (Lipinski definition) is 2. The first kappa shape index (κ1) is 14.5. The smallest absolute Gasteiger partial charge is 0.227 e. The normalized spacial score (nSPS) is 16.4. The van der Waals surface area contributed by atoms with E-state index in [-0.39, 0.29) is 11.8 Å². The highest BCUT2D eigenvalue weighted by Gasteiger charge is 2.27. The molecule has 1 unspecified atom stereocenters. The summed E-state index contributed by atoms with van der Waals surface area (Å²) in [5, 5.41) is 13.3. The second-order valence-electron chi connectivity index (χ2n) is 6.21. The molecule has 0 aliphatic heterocycles. The predicted octanol–water partition coefficient (Wildman–Crippen LogP) is 3.78. The fourth-order valence-corrected chi connectivity index (χ4v) is 3.52. The summed E-state index contributed by atoms with van der Waals surface area (Å²) in [5.41, 5.74) is 4.73. The number of aromatic amines is 1. The number of rotatable bonds is 2. The van der Waals surface area contributed by atoms with E-state index in [0.29, 0.717) is 11.3 Å². The Morgan fingerprint density at radius 2 is 1.96 bits per heavy atom. The molecule has 0 bridgehead atoms. The minimum absolute atomic E-state index is 0.00590. The zero-order valence-corrected chi connectivity index (χ0v) is 13.2. The van der Waals surface area contributed by atoms with Crippen molar-refractivity contribution in [2.75, 3.05) is 5.32 Å². The molecule has 0 saturated heterocycles. The van der Waals surface area contributed by atoms with E-state index < -0.39 is 0 Å². The van der Waals surface area contributed by atoms with Crippen LogP contribution in [0.3, 0.4) is 0 Å². The number of hydrogen-bond acceptors (Lipinski definition) is 2. The second-order valence-corrected chi connectivity index (χ2v) is 6.21. The van der Waals surface area contributed by atoms with E-state index in [4.69, 9.17) is 5.26 Å². The molecular formula is C20H17N3O. The number of fused-ring (bicyclic) bond motifs is 3. The van der Waals surface area contributed by atoms with Gasteiger partial charge in [-0.1, -0.05) is 30.3 Å². The van der Waals surface area contributed by atoms with Gasteiger partial charge in [0.2, 0.25) is 5.91 Å². The van der Waals surface area contributed by atoms with E-state index in [1.807, 2.05) is 18.2 Å². The van der Waals surface area contributed by atoms with Gasteiger partial charge in [-0.3, -0.25) is 4.79 Å². The fraction of sp³-hybridized carbons (Fsp3) is 0.200. The number of nitrogens with one attached hydrogen (secondary N) is 2. The highest BCUT2D eigenvalue weighted by Crippen LogP contribution is 2.32. The van der Waals surface area contributed by atoms with Crippen LogP contribution in [0.5, 0.6) is 0 Å². The van der Waals surface area contributed by atoms with E-state index in [2.05, 4.69) is 28.5 Å². The van der Waals surface area contributed by atoms with Gasteiger partial charge in [0.1, 0.15) is 6.07 Å². The minimum atomic E-state index is -0.0662. The first-order chi connectivity index (χ1) is 11.8. The first-order valence-electron chi connectivity index (χ1n) is 8.14. The van der Waals surface area contributed by atoms with E-state index in [1.54, 1.807) is 18.2 Å². The number of H-pyrrole nitrogens is 1. The molecule has 1 atom stereocenters. The molecule has 2 N–H and O–H groups in total. The van der Waals surface area contributed by atoms with Crippen molar-refractivity contribution >= 4 is 22.5 Å². The van der Waals surface area contributed by atoms with Crippen LogP contribution in [0.4, 0.5) is 5.69 Å². The van der Waals surface area contributed by atoms with Gasteiger partial charge in [0, 0.05) is 22.5 Å².